The molecule has 0 unspecified atom stereocenters. The molecule has 0 N–H and O–H groups in total. The van der Waals surface area contributed by atoms with Gasteiger partial charge in [-0.25, -0.2) is 0 Å². The maximum atomic E-state index is 5.83. The van der Waals surface area contributed by atoms with E-state index >= 15 is 0 Å². The van der Waals surface area contributed by atoms with Crippen LogP contribution in [0.5, 0.6) is 0 Å². The molecule has 0 aromatic carbocycles. The molecular formula is C13H12O. The Labute approximate surface area is 83.4 Å². The molecule has 1 aromatic rings. The minimum absolute atomic E-state index is 0.992. The van der Waals surface area contributed by atoms with Gasteiger partial charge in [-0.1, -0.05) is 30.4 Å². The number of aryl methyl sites for hydroxylation is 1. The van der Waals surface area contributed by atoms with E-state index in [9.17, 15) is 0 Å². The van der Waals surface area contributed by atoms with Crippen molar-refractivity contribution in [2.45, 2.75) is 19.3 Å². The molecule has 0 amide bonds. The molecule has 0 spiro atoms. The Morgan fingerprint density at radius 1 is 1.07 bits per heavy atom. The lowest BCUT2D eigenvalue weighted by molar-refractivity contribution is 0.498. The van der Waals surface area contributed by atoms with Crippen LogP contribution < -0.4 is 0 Å². The number of rotatable bonds is 0. The minimum Gasteiger partial charge on any atom is -0.461 e. The fourth-order valence-electron chi connectivity index (χ4n) is 2.10. The van der Waals surface area contributed by atoms with Gasteiger partial charge in [0.2, 0.25) is 0 Å². The highest BCUT2D eigenvalue weighted by molar-refractivity contribution is 5.66. The Morgan fingerprint density at radius 3 is 3.07 bits per heavy atom. The predicted molar refractivity (Wildman–Crippen MR) is 57.9 cm³/mol. The van der Waals surface area contributed by atoms with Gasteiger partial charge >= 0.3 is 0 Å². The number of hydrogen-bond acceptors (Lipinski definition) is 1. The third-order valence-corrected chi connectivity index (χ3v) is 2.80. The van der Waals surface area contributed by atoms with E-state index in [1.165, 1.54) is 11.1 Å². The monoisotopic (exact) mass is 184 g/mol. The van der Waals surface area contributed by atoms with Crippen LogP contribution in [0.3, 0.4) is 0 Å². The van der Waals surface area contributed by atoms with E-state index in [2.05, 4.69) is 30.4 Å². The Hall–Kier alpha value is -1.50. The van der Waals surface area contributed by atoms with Crippen molar-refractivity contribution in [1.29, 1.82) is 0 Å². The molecule has 2 aliphatic rings. The molecule has 0 atom stereocenters. The first-order chi connectivity index (χ1) is 6.95. The highest BCUT2D eigenvalue weighted by atomic mass is 16.3. The number of hydrogen-bond donors (Lipinski definition) is 0. The van der Waals surface area contributed by atoms with E-state index in [4.69, 9.17) is 4.42 Å². The summed E-state index contributed by atoms with van der Waals surface area (Å²) in [6.07, 6.45) is 16.0. The standard InChI is InChI=1S/C13H12O/c1-2-6-10-11-7-4-5-9-13(11)14-12(10)8-3-1/h1-4,7-8H,5-6,9H2. The van der Waals surface area contributed by atoms with Crippen molar-refractivity contribution in [3.8, 4) is 0 Å². The van der Waals surface area contributed by atoms with Gasteiger partial charge in [-0.05, 0) is 18.9 Å². The van der Waals surface area contributed by atoms with E-state index in [1.54, 1.807) is 0 Å². The molecule has 0 saturated carbocycles. The summed E-state index contributed by atoms with van der Waals surface area (Å²) >= 11 is 0. The molecule has 1 nitrogen and oxygen atoms in total. The molecule has 0 radical (unpaired) electrons. The van der Waals surface area contributed by atoms with Gasteiger partial charge in [0.25, 0.3) is 0 Å². The molecule has 0 aliphatic heterocycles. The van der Waals surface area contributed by atoms with E-state index in [0.29, 0.717) is 0 Å². The lowest BCUT2D eigenvalue weighted by Gasteiger charge is -2.03. The summed E-state index contributed by atoms with van der Waals surface area (Å²) in [5.41, 5.74) is 2.67. The number of fused-ring (bicyclic) bond motifs is 3. The van der Waals surface area contributed by atoms with Crippen LogP contribution in [-0.4, -0.2) is 0 Å². The van der Waals surface area contributed by atoms with Gasteiger partial charge in [0.15, 0.2) is 0 Å². The summed E-state index contributed by atoms with van der Waals surface area (Å²) in [6.45, 7) is 0. The molecule has 1 heterocycles. The first-order valence-corrected chi connectivity index (χ1v) is 5.09. The average molecular weight is 184 g/mol. The summed E-state index contributed by atoms with van der Waals surface area (Å²) in [4.78, 5) is 0. The second kappa shape index (κ2) is 3.02. The summed E-state index contributed by atoms with van der Waals surface area (Å²) in [7, 11) is 0. The first kappa shape index (κ1) is 7.86. The van der Waals surface area contributed by atoms with E-state index in [1.807, 2.05) is 6.08 Å². The van der Waals surface area contributed by atoms with Crippen LogP contribution in [0.4, 0.5) is 0 Å². The molecule has 2 aliphatic carbocycles. The fraction of sp³-hybridized carbons (Fsp3) is 0.231. The molecule has 14 heavy (non-hydrogen) atoms. The Kier molecular flexibility index (Phi) is 1.69. The van der Waals surface area contributed by atoms with Gasteiger partial charge in [0.1, 0.15) is 11.5 Å². The third-order valence-electron chi connectivity index (χ3n) is 2.80. The Balaban J connectivity index is 2.20. The Morgan fingerprint density at radius 2 is 2.07 bits per heavy atom. The molecule has 0 bridgehead atoms. The van der Waals surface area contributed by atoms with Crippen molar-refractivity contribution < 1.29 is 4.42 Å². The maximum Gasteiger partial charge on any atom is 0.131 e. The van der Waals surface area contributed by atoms with Gasteiger partial charge in [-0.2, -0.15) is 0 Å². The van der Waals surface area contributed by atoms with Crippen molar-refractivity contribution in [2.24, 2.45) is 0 Å². The number of furan rings is 1. The SMILES string of the molecule is C1=CCc2c(oc3c2C=CCC3)C=C1. The topological polar surface area (TPSA) is 13.1 Å². The molecule has 0 fully saturated rings. The third kappa shape index (κ3) is 1.09. The van der Waals surface area contributed by atoms with Gasteiger partial charge < -0.3 is 4.42 Å². The lowest BCUT2D eigenvalue weighted by Crippen LogP contribution is -1.91. The predicted octanol–water partition coefficient (Wildman–Crippen LogP) is 3.36. The quantitative estimate of drug-likeness (QED) is 0.602. The average Bonchev–Trinajstić information content (AvgIpc) is 2.42. The van der Waals surface area contributed by atoms with Crippen molar-refractivity contribution in [1.82, 2.24) is 0 Å². The van der Waals surface area contributed by atoms with Crippen molar-refractivity contribution in [2.75, 3.05) is 0 Å². The minimum atomic E-state index is 0.992. The van der Waals surface area contributed by atoms with Crippen LogP contribution in [0.15, 0.2) is 28.7 Å². The van der Waals surface area contributed by atoms with Gasteiger partial charge in [0, 0.05) is 17.5 Å². The van der Waals surface area contributed by atoms with Crippen LogP contribution in [0.2, 0.25) is 0 Å². The van der Waals surface area contributed by atoms with Crippen LogP contribution in [-0.2, 0) is 12.8 Å². The van der Waals surface area contributed by atoms with Crippen molar-refractivity contribution in [3.05, 3.63) is 47.0 Å². The maximum absolute atomic E-state index is 5.83. The van der Waals surface area contributed by atoms with Crippen LogP contribution in [0, 0.1) is 0 Å². The second-order valence-electron chi connectivity index (χ2n) is 3.71. The second-order valence-corrected chi connectivity index (χ2v) is 3.71. The number of allylic oxidation sites excluding steroid dienone is 4. The smallest absolute Gasteiger partial charge is 0.131 e. The zero-order valence-corrected chi connectivity index (χ0v) is 7.99. The van der Waals surface area contributed by atoms with Crippen LogP contribution in [0.25, 0.3) is 12.2 Å². The molecule has 1 aromatic heterocycles. The lowest BCUT2D eigenvalue weighted by atomic mass is 9.99. The largest absolute Gasteiger partial charge is 0.461 e. The van der Waals surface area contributed by atoms with Crippen LogP contribution >= 0.6 is 0 Å². The summed E-state index contributed by atoms with van der Waals surface area (Å²) in [6, 6.07) is 0. The highest BCUT2D eigenvalue weighted by Crippen LogP contribution is 2.31. The van der Waals surface area contributed by atoms with E-state index in [-0.39, 0.29) is 0 Å². The molecule has 0 saturated heterocycles. The van der Waals surface area contributed by atoms with Gasteiger partial charge in [-0.15, -0.1) is 0 Å². The zero-order chi connectivity index (χ0) is 9.38. The van der Waals surface area contributed by atoms with Crippen LogP contribution in [0.1, 0.15) is 29.1 Å². The highest BCUT2D eigenvalue weighted by Gasteiger charge is 2.17. The first-order valence-electron chi connectivity index (χ1n) is 5.09. The molecule has 70 valence electrons. The normalized spacial score (nSPS) is 17.7. The van der Waals surface area contributed by atoms with Crippen molar-refractivity contribution in [3.63, 3.8) is 0 Å². The summed E-state index contributed by atoms with van der Waals surface area (Å²) in [5.74, 6) is 2.21. The van der Waals surface area contributed by atoms with Gasteiger partial charge in [-0.3, -0.25) is 0 Å². The molecule has 3 rings (SSSR count). The Bertz CT molecular complexity index is 444. The van der Waals surface area contributed by atoms with E-state index in [0.717, 1.165) is 30.8 Å². The summed E-state index contributed by atoms with van der Waals surface area (Å²) < 4.78 is 5.83. The molecular weight excluding hydrogens is 172 g/mol. The fourth-order valence-corrected chi connectivity index (χ4v) is 2.10. The summed E-state index contributed by atoms with van der Waals surface area (Å²) in [5, 5.41) is 0. The zero-order valence-electron chi connectivity index (χ0n) is 7.99. The van der Waals surface area contributed by atoms with Gasteiger partial charge in [0.05, 0.1) is 0 Å². The molecule has 1 heteroatoms. The van der Waals surface area contributed by atoms with Crippen molar-refractivity contribution >= 4 is 12.2 Å². The van der Waals surface area contributed by atoms with E-state index < -0.39 is 0 Å².